The highest BCUT2D eigenvalue weighted by Crippen LogP contribution is 2.15. The maximum Gasteiger partial charge on any atom is 0.256 e. The summed E-state index contributed by atoms with van der Waals surface area (Å²) in [4.78, 5) is 0. The van der Waals surface area contributed by atoms with Crippen molar-refractivity contribution in [2.75, 3.05) is 0 Å². The Balaban J connectivity index is 2.11. The van der Waals surface area contributed by atoms with E-state index in [4.69, 9.17) is 0 Å². The molecule has 0 amide bonds. The van der Waals surface area contributed by atoms with E-state index in [1.165, 1.54) is 212 Å². The van der Waals surface area contributed by atoms with Gasteiger partial charge < -0.3 is 0 Å². The number of aromatic nitrogens is 2. The molecule has 0 N–H and O–H groups in total. The van der Waals surface area contributed by atoms with E-state index >= 15 is 0 Å². The smallest absolute Gasteiger partial charge is 0.234 e. The Kier molecular flexibility index (Phi) is 28.6. The van der Waals surface area contributed by atoms with Crippen molar-refractivity contribution in [3.8, 4) is 0 Å². The Morgan fingerprint density at radius 3 is 1.17 bits per heavy atom. The first-order valence-electron chi connectivity index (χ1n) is 19.4. The SMILES string of the molecule is CCCCCCCCCCCCCCCCC[n+]1ccn(CCCCCCCCCCCCCC)c1CCCCC. The Hall–Kier alpha value is -0.790. The molecule has 0 fully saturated rings. The predicted molar refractivity (Wildman–Crippen MR) is 184 cm³/mol. The highest BCUT2D eigenvalue weighted by atomic mass is 15.1. The van der Waals surface area contributed by atoms with Crippen LogP contribution in [0.2, 0.25) is 0 Å². The number of aryl methyl sites for hydroxylation is 2. The lowest BCUT2D eigenvalue weighted by atomic mass is 10.0. The molecule has 1 heterocycles. The van der Waals surface area contributed by atoms with Crippen LogP contribution in [0, 0.1) is 0 Å². The molecular weight excluding hydrogens is 496 g/mol. The van der Waals surface area contributed by atoms with E-state index in [1.807, 2.05) is 0 Å². The van der Waals surface area contributed by atoms with Gasteiger partial charge in [-0.1, -0.05) is 181 Å². The summed E-state index contributed by atoms with van der Waals surface area (Å²) in [7, 11) is 0. The summed E-state index contributed by atoms with van der Waals surface area (Å²) in [5.74, 6) is 1.60. The maximum atomic E-state index is 2.61. The molecule has 0 spiro atoms. The van der Waals surface area contributed by atoms with Crippen LogP contribution in [0.1, 0.15) is 219 Å². The van der Waals surface area contributed by atoms with Gasteiger partial charge in [0.05, 0.1) is 13.1 Å². The zero-order valence-electron chi connectivity index (χ0n) is 28.9. The lowest BCUT2D eigenvalue weighted by molar-refractivity contribution is -0.704. The van der Waals surface area contributed by atoms with Crippen LogP contribution in [0.3, 0.4) is 0 Å². The van der Waals surface area contributed by atoms with E-state index < -0.39 is 0 Å². The summed E-state index contributed by atoms with van der Waals surface area (Å²) >= 11 is 0. The Morgan fingerprint density at radius 1 is 0.415 bits per heavy atom. The molecule has 0 aliphatic carbocycles. The van der Waals surface area contributed by atoms with Crippen molar-refractivity contribution in [3.05, 3.63) is 18.2 Å². The van der Waals surface area contributed by atoms with Crippen LogP contribution in [0.15, 0.2) is 12.4 Å². The van der Waals surface area contributed by atoms with Crippen LogP contribution in [0.25, 0.3) is 0 Å². The minimum Gasteiger partial charge on any atom is -0.234 e. The highest BCUT2D eigenvalue weighted by molar-refractivity contribution is 4.84. The minimum absolute atomic E-state index is 1.23. The molecule has 41 heavy (non-hydrogen) atoms. The summed E-state index contributed by atoms with van der Waals surface area (Å²) in [5.41, 5.74) is 0. The van der Waals surface area contributed by atoms with Gasteiger partial charge in [0.1, 0.15) is 12.4 Å². The molecule has 0 aliphatic heterocycles. The summed E-state index contributed by atoms with van der Waals surface area (Å²) in [6.07, 6.45) is 48.9. The van der Waals surface area contributed by atoms with Crippen LogP contribution in [-0.2, 0) is 19.5 Å². The first kappa shape index (κ1) is 38.2. The molecule has 1 rings (SSSR count). The molecular formula is C39H77N2+. The second-order valence-corrected chi connectivity index (χ2v) is 13.4. The van der Waals surface area contributed by atoms with Crippen LogP contribution in [0.5, 0.6) is 0 Å². The standard InChI is InChI=1S/C39H77N2/c1-4-7-10-12-14-16-18-20-21-22-24-26-28-30-33-36-41-38-37-40(39(41)34-31-9-6-3)35-32-29-27-25-23-19-17-15-13-11-8-5-2/h37-38H,4-36H2,1-3H3/q+1. The topological polar surface area (TPSA) is 8.81 Å². The van der Waals surface area contributed by atoms with Gasteiger partial charge in [-0.3, -0.25) is 0 Å². The fraction of sp³-hybridized carbons (Fsp3) is 0.923. The number of hydrogen-bond acceptors (Lipinski definition) is 0. The Labute approximate surface area is 259 Å². The molecule has 0 atom stereocenters. The quantitative estimate of drug-likeness (QED) is 0.0584. The van der Waals surface area contributed by atoms with Crippen molar-refractivity contribution in [3.63, 3.8) is 0 Å². The monoisotopic (exact) mass is 574 g/mol. The third kappa shape index (κ3) is 23.4. The summed E-state index contributed by atoms with van der Waals surface area (Å²) in [6.45, 7) is 9.40. The van der Waals surface area contributed by atoms with Crippen molar-refractivity contribution in [2.24, 2.45) is 0 Å². The molecule has 2 heteroatoms. The molecule has 0 radical (unpaired) electrons. The van der Waals surface area contributed by atoms with Crippen LogP contribution >= 0.6 is 0 Å². The molecule has 0 aliphatic rings. The first-order valence-corrected chi connectivity index (χ1v) is 19.4. The van der Waals surface area contributed by atoms with Gasteiger partial charge in [-0.25, -0.2) is 9.13 Å². The molecule has 0 saturated carbocycles. The lowest BCUT2D eigenvalue weighted by Gasteiger charge is -2.07. The predicted octanol–water partition coefficient (Wildman–Crippen LogP) is 13.1. The molecule has 0 aromatic carbocycles. The van der Waals surface area contributed by atoms with E-state index in [1.54, 1.807) is 5.82 Å². The van der Waals surface area contributed by atoms with Crippen LogP contribution < -0.4 is 4.57 Å². The lowest BCUT2D eigenvalue weighted by Crippen LogP contribution is -2.37. The van der Waals surface area contributed by atoms with Gasteiger partial charge in [0.15, 0.2) is 0 Å². The molecule has 242 valence electrons. The zero-order valence-corrected chi connectivity index (χ0v) is 28.9. The van der Waals surface area contributed by atoms with E-state index in [2.05, 4.69) is 42.3 Å². The molecule has 2 nitrogen and oxygen atoms in total. The van der Waals surface area contributed by atoms with E-state index in [0.717, 1.165) is 0 Å². The number of imidazole rings is 1. The van der Waals surface area contributed by atoms with Gasteiger partial charge in [0.25, 0.3) is 5.82 Å². The van der Waals surface area contributed by atoms with Gasteiger partial charge in [-0.05, 0) is 32.1 Å². The van der Waals surface area contributed by atoms with E-state index in [0.29, 0.717) is 0 Å². The van der Waals surface area contributed by atoms with Crippen molar-refractivity contribution in [1.82, 2.24) is 4.57 Å². The molecule has 0 bridgehead atoms. The van der Waals surface area contributed by atoms with Gasteiger partial charge in [-0.15, -0.1) is 0 Å². The molecule has 0 saturated heterocycles. The average molecular weight is 574 g/mol. The third-order valence-electron chi connectivity index (χ3n) is 9.35. The van der Waals surface area contributed by atoms with Gasteiger partial charge in [0.2, 0.25) is 0 Å². The summed E-state index contributed by atoms with van der Waals surface area (Å²) < 4.78 is 5.22. The maximum absolute atomic E-state index is 2.61. The summed E-state index contributed by atoms with van der Waals surface area (Å²) in [6, 6.07) is 0. The molecule has 1 aromatic heterocycles. The second kappa shape index (κ2) is 30.7. The number of hydrogen-bond donors (Lipinski definition) is 0. The largest absolute Gasteiger partial charge is 0.256 e. The Bertz CT molecular complexity index is 634. The van der Waals surface area contributed by atoms with E-state index in [-0.39, 0.29) is 0 Å². The Morgan fingerprint density at radius 2 is 0.756 bits per heavy atom. The van der Waals surface area contributed by atoms with Gasteiger partial charge in [-0.2, -0.15) is 0 Å². The molecule has 0 unspecified atom stereocenters. The number of nitrogens with zero attached hydrogens (tertiary/aromatic N) is 2. The van der Waals surface area contributed by atoms with Crippen molar-refractivity contribution in [1.29, 1.82) is 0 Å². The van der Waals surface area contributed by atoms with Gasteiger partial charge in [0, 0.05) is 6.42 Å². The highest BCUT2D eigenvalue weighted by Gasteiger charge is 2.16. The van der Waals surface area contributed by atoms with Crippen molar-refractivity contribution in [2.45, 2.75) is 233 Å². The number of unbranched alkanes of at least 4 members (excludes halogenated alkanes) is 27. The van der Waals surface area contributed by atoms with E-state index in [9.17, 15) is 0 Å². The second-order valence-electron chi connectivity index (χ2n) is 13.4. The van der Waals surface area contributed by atoms with Crippen molar-refractivity contribution >= 4 is 0 Å². The average Bonchev–Trinajstić information content (AvgIpc) is 3.37. The van der Waals surface area contributed by atoms with Crippen LogP contribution in [0.4, 0.5) is 0 Å². The summed E-state index contributed by atoms with van der Waals surface area (Å²) in [5, 5.41) is 0. The van der Waals surface area contributed by atoms with Gasteiger partial charge >= 0.3 is 0 Å². The number of rotatable bonds is 33. The van der Waals surface area contributed by atoms with Crippen molar-refractivity contribution < 1.29 is 4.57 Å². The minimum atomic E-state index is 1.23. The normalized spacial score (nSPS) is 11.6. The van der Waals surface area contributed by atoms with Crippen LogP contribution in [-0.4, -0.2) is 4.57 Å². The zero-order chi connectivity index (χ0) is 29.5. The third-order valence-corrected chi connectivity index (χ3v) is 9.35. The first-order chi connectivity index (χ1) is 20.3. The molecule has 1 aromatic rings. The fourth-order valence-electron chi connectivity index (χ4n) is 6.50. The fourth-order valence-corrected chi connectivity index (χ4v) is 6.50.